The SMILES string of the molecule is C=CCc1cncn1-c1ncc(C)cc1C.CC. The first-order valence-corrected chi connectivity index (χ1v) is 6.28. The molecule has 2 aromatic heterocycles. The monoisotopic (exact) mass is 243 g/mol. The Kier molecular flexibility index (Phi) is 5.31. The molecule has 18 heavy (non-hydrogen) atoms. The molecular weight excluding hydrogens is 222 g/mol. The summed E-state index contributed by atoms with van der Waals surface area (Å²) in [5.41, 5.74) is 3.43. The minimum Gasteiger partial charge on any atom is -0.287 e. The van der Waals surface area contributed by atoms with Gasteiger partial charge >= 0.3 is 0 Å². The summed E-state index contributed by atoms with van der Waals surface area (Å²) in [7, 11) is 0. The van der Waals surface area contributed by atoms with Gasteiger partial charge in [0.25, 0.3) is 0 Å². The molecule has 0 saturated heterocycles. The average molecular weight is 243 g/mol. The van der Waals surface area contributed by atoms with Crippen LogP contribution in [0.1, 0.15) is 30.7 Å². The smallest absolute Gasteiger partial charge is 0.140 e. The normalized spacial score (nSPS) is 9.56. The first-order chi connectivity index (χ1) is 8.72. The maximum Gasteiger partial charge on any atom is 0.140 e. The molecule has 0 aliphatic carbocycles. The van der Waals surface area contributed by atoms with E-state index in [0.717, 1.165) is 23.5 Å². The van der Waals surface area contributed by atoms with Crippen molar-refractivity contribution in [1.29, 1.82) is 0 Å². The van der Waals surface area contributed by atoms with Gasteiger partial charge in [-0.3, -0.25) is 4.57 Å². The van der Waals surface area contributed by atoms with Crippen LogP contribution in [0.3, 0.4) is 0 Å². The molecule has 0 bridgehead atoms. The topological polar surface area (TPSA) is 30.7 Å². The Bertz CT molecular complexity index is 512. The Balaban J connectivity index is 0.000000771. The molecule has 0 atom stereocenters. The summed E-state index contributed by atoms with van der Waals surface area (Å²) < 4.78 is 2.01. The largest absolute Gasteiger partial charge is 0.287 e. The molecule has 0 saturated carbocycles. The predicted octanol–water partition coefficient (Wildman–Crippen LogP) is 3.64. The third kappa shape index (κ3) is 3.06. The molecule has 2 rings (SSSR count). The van der Waals surface area contributed by atoms with E-state index in [-0.39, 0.29) is 0 Å². The standard InChI is InChI=1S/C13H15N3.C2H6/c1-4-5-12-8-14-9-16(12)13-11(3)6-10(2)7-15-13;1-2/h4,6-9H,1,5H2,2-3H3;1-2H3. The van der Waals surface area contributed by atoms with Crippen LogP contribution >= 0.6 is 0 Å². The fourth-order valence-electron chi connectivity index (χ4n) is 1.77. The van der Waals surface area contributed by atoms with E-state index < -0.39 is 0 Å². The quantitative estimate of drug-likeness (QED) is 0.771. The lowest BCUT2D eigenvalue weighted by Crippen LogP contribution is -2.03. The number of hydrogen-bond donors (Lipinski definition) is 0. The van der Waals surface area contributed by atoms with Crippen LogP contribution in [0.25, 0.3) is 5.82 Å². The Morgan fingerprint density at radius 1 is 1.28 bits per heavy atom. The van der Waals surface area contributed by atoms with Gasteiger partial charge in [0.2, 0.25) is 0 Å². The van der Waals surface area contributed by atoms with Crippen molar-refractivity contribution in [3.8, 4) is 5.82 Å². The van der Waals surface area contributed by atoms with Crippen molar-refractivity contribution in [2.45, 2.75) is 34.1 Å². The number of aromatic nitrogens is 3. The molecule has 0 fully saturated rings. The molecule has 96 valence electrons. The van der Waals surface area contributed by atoms with E-state index in [1.165, 1.54) is 5.56 Å². The number of nitrogens with zero attached hydrogens (tertiary/aromatic N) is 3. The van der Waals surface area contributed by atoms with Crippen molar-refractivity contribution in [3.05, 3.63) is 54.3 Å². The summed E-state index contributed by atoms with van der Waals surface area (Å²) in [6.07, 6.45) is 8.19. The zero-order chi connectivity index (χ0) is 13.5. The molecule has 0 aromatic carbocycles. The van der Waals surface area contributed by atoms with Crippen LogP contribution in [0.4, 0.5) is 0 Å². The van der Waals surface area contributed by atoms with E-state index in [1.807, 2.05) is 43.8 Å². The average Bonchev–Trinajstić information content (AvgIpc) is 2.80. The van der Waals surface area contributed by atoms with Gasteiger partial charge in [-0.15, -0.1) is 6.58 Å². The minimum atomic E-state index is 0.801. The first-order valence-electron chi connectivity index (χ1n) is 6.28. The molecular formula is C15H21N3. The number of pyridine rings is 1. The molecule has 0 unspecified atom stereocenters. The highest BCUT2D eigenvalue weighted by molar-refractivity contribution is 5.36. The van der Waals surface area contributed by atoms with Gasteiger partial charge in [-0.25, -0.2) is 9.97 Å². The van der Waals surface area contributed by atoms with E-state index in [4.69, 9.17) is 0 Å². The van der Waals surface area contributed by atoms with E-state index in [9.17, 15) is 0 Å². The Morgan fingerprint density at radius 3 is 2.61 bits per heavy atom. The van der Waals surface area contributed by atoms with Crippen LogP contribution < -0.4 is 0 Å². The minimum absolute atomic E-state index is 0.801. The molecule has 0 N–H and O–H groups in total. The molecule has 2 heterocycles. The summed E-state index contributed by atoms with van der Waals surface area (Å²) in [6.45, 7) is 11.9. The van der Waals surface area contributed by atoms with Gasteiger partial charge in [0.05, 0.1) is 0 Å². The number of hydrogen-bond acceptors (Lipinski definition) is 2. The summed E-state index contributed by atoms with van der Waals surface area (Å²) >= 11 is 0. The molecule has 0 radical (unpaired) electrons. The maximum absolute atomic E-state index is 4.45. The van der Waals surface area contributed by atoms with E-state index in [0.29, 0.717) is 0 Å². The Morgan fingerprint density at radius 2 is 2.00 bits per heavy atom. The number of aryl methyl sites for hydroxylation is 2. The lowest BCUT2D eigenvalue weighted by molar-refractivity contribution is 0.912. The summed E-state index contributed by atoms with van der Waals surface area (Å²) in [5, 5.41) is 0. The highest BCUT2D eigenvalue weighted by atomic mass is 15.1. The van der Waals surface area contributed by atoms with Crippen LogP contribution in [0, 0.1) is 13.8 Å². The fourth-order valence-corrected chi connectivity index (χ4v) is 1.77. The molecule has 0 aliphatic rings. The second-order valence-electron chi connectivity index (χ2n) is 3.90. The molecule has 3 heteroatoms. The highest BCUT2D eigenvalue weighted by Gasteiger charge is 2.06. The van der Waals surface area contributed by atoms with Crippen molar-refractivity contribution in [1.82, 2.24) is 14.5 Å². The van der Waals surface area contributed by atoms with Crippen LogP contribution in [-0.2, 0) is 6.42 Å². The van der Waals surface area contributed by atoms with Gasteiger partial charge < -0.3 is 0 Å². The van der Waals surface area contributed by atoms with Crippen molar-refractivity contribution < 1.29 is 0 Å². The molecule has 0 aliphatic heterocycles. The predicted molar refractivity (Wildman–Crippen MR) is 76.1 cm³/mol. The van der Waals surface area contributed by atoms with Crippen molar-refractivity contribution in [2.24, 2.45) is 0 Å². The molecule has 0 amide bonds. The highest BCUT2D eigenvalue weighted by Crippen LogP contribution is 2.15. The molecule has 3 nitrogen and oxygen atoms in total. The van der Waals surface area contributed by atoms with Crippen LogP contribution in [-0.4, -0.2) is 14.5 Å². The summed E-state index contributed by atoms with van der Waals surface area (Å²) in [6, 6.07) is 2.13. The van der Waals surface area contributed by atoms with E-state index in [2.05, 4.69) is 29.5 Å². The summed E-state index contributed by atoms with van der Waals surface area (Å²) in [5.74, 6) is 0.944. The Labute approximate surface area is 109 Å². The van der Waals surface area contributed by atoms with Gasteiger partial charge in [-0.2, -0.15) is 0 Å². The van der Waals surface area contributed by atoms with Gasteiger partial charge in [0.15, 0.2) is 0 Å². The lowest BCUT2D eigenvalue weighted by Gasteiger charge is -2.09. The van der Waals surface area contributed by atoms with Gasteiger partial charge in [0.1, 0.15) is 12.1 Å². The third-order valence-electron chi connectivity index (χ3n) is 2.48. The zero-order valence-electron chi connectivity index (χ0n) is 11.6. The second-order valence-corrected chi connectivity index (χ2v) is 3.90. The first kappa shape index (κ1) is 14.2. The number of rotatable bonds is 3. The number of allylic oxidation sites excluding steroid dienone is 1. The van der Waals surface area contributed by atoms with Gasteiger partial charge in [-0.05, 0) is 25.0 Å². The van der Waals surface area contributed by atoms with Crippen molar-refractivity contribution >= 4 is 0 Å². The maximum atomic E-state index is 4.45. The fraction of sp³-hybridized carbons (Fsp3) is 0.333. The second kappa shape index (κ2) is 6.74. The van der Waals surface area contributed by atoms with E-state index >= 15 is 0 Å². The lowest BCUT2D eigenvalue weighted by atomic mass is 10.2. The van der Waals surface area contributed by atoms with Crippen LogP contribution in [0.5, 0.6) is 0 Å². The van der Waals surface area contributed by atoms with Crippen molar-refractivity contribution in [3.63, 3.8) is 0 Å². The molecule has 0 spiro atoms. The Hall–Kier alpha value is -1.90. The zero-order valence-corrected chi connectivity index (χ0v) is 11.6. The van der Waals surface area contributed by atoms with Gasteiger partial charge in [0, 0.05) is 24.5 Å². The number of imidazole rings is 1. The van der Waals surface area contributed by atoms with Crippen molar-refractivity contribution in [2.75, 3.05) is 0 Å². The third-order valence-corrected chi connectivity index (χ3v) is 2.48. The van der Waals surface area contributed by atoms with Crippen LogP contribution in [0.2, 0.25) is 0 Å². The van der Waals surface area contributed by atoms with E-state index in [1.54, 1.807) is 6.33 Å². The molecule has 2 aromatic rings. The summed E-state index contributed by atoms with van der Waals surface area (Å²) in [4.78, 5) is 8.61. The van der Waals surface area contributed by atoms with Gasteiger partial charge in [-0.1, -0.05) is 26.0 Å². The van der Waals surface area contributed by atoms with Crippen LogP contribution in [0.15, 0.2) is 37.4 Å².